The van der Waals surface area contributed by atoms with E-state index in [1.807, 2.05) is 32.0 Å². The van der Waals surface area contributed by atoms with Crippen LogP contribution in [0.25, 0.3) is 0 Å². The van der Waals surface area contributed by atoms with Crippen molar-refractivity contribution in [1.82, 2.24) is 5.43 Å². The summed E-state index contributed by atoms with van der Waals surface area (Å²) in [5.41, 5.74) is 5.82. The summed E-state index contributed by atoms with van der Waals surface area (Å²) in [6, 6.07) is 11.1. The number of hydrogen-bond acceptors (Lipinski definition) is 4. The van der Waals surface area contributed by atoms with Gasteiger partial charge in [0, 0.05) is 5.56 Å². The highest BCUT2D eigenvalue weighted by atomic mass is 16.5. The molecule has 0 fully saturated rings. The lowest BCUT2D eigenvalue weighted by atomic mass is 10.1. The molecule has 0 bridgehead atoms. The lowest BCUT2D eigenvalue weighted by Crippen LogP contribution is -2.24. The van der Waals surface area contributed by atoms with E-state index in [4.69, 9.17) is 4.74 Å². The van der Waals surface area contributed by atoms with E-state index in [-0.39, 0.29) is 18.3 Å². The smallest absolute Gasteiger partial charge is 0.277 e. The molecule has 2 N–H and O–H groups in total. The number of ether oxygens (including phenoxy) is 1. The molecule has 0 spiro atoms. The predicted molar refractivity (Wildman–Crippen MR) is 90.0 cm³/mol. The standard InChI is InChI=1S/C18H20N2O3/c1-12-7-13(2)9-16(8-12)23-11-17(21)20-19-10-15-6-4-5-14(3)18(15)22/h4-10,22H,11H2,1-3H3,(H,20,21)/b19-10+. The van der Waals surface area contributed by atoms with Crippen molar-refractivity contribution < 1.29 is 14.6 Å². The number of aryl methyl sites for hydroxylation is 3. The fourth-order valence-corrected chi connectivity index (χ4v) is 2.16. The van der Waals surface area contributed by atoms with Crippen LogP contribution in [0.15, 0.2) is 41.5 Å². The zero-order chi connectivity index (χ0) is 16.8. The van der Waals surface area contributed by atoms with Crippen LogP contribution in [0.4, 0.5) is 0 Å². The van der Waals surface area contributed by atoms with Gasteiger partial charge in [-0.1, -0.05) is 18.2 Å². The number of hydrogen-bond donors (Lipinski definition) is 2. The Morgan fingerprint density at radius 1 is 1.22 bits per heavy atom. The first-order valence-corrected chi connectivity index (χ1v) is 7.27. The maximum atomic E-state index is 11.7. The summed E-state index contributed by atoms with van der Waals surface area (Å²) < 4.78 is 5.44. The molecule has 0 aliphatic rings. The lowest BCUT2D eigenvalue weighted by Gasteiger charge is -2.07. The number of nitrogens with one attached hydrogen (secondary N) is 1. The topological polar surface area (TPSA) is 70.9 Å². The minimum absolute atomic E-state index is 0.125. The second kappa shape index (κ2) is 7.45. The summed E-state index contributed by atoms with van der Waals surface area (Å²) in [5, 5.41) is 13.7. The van der Waals surface area contributed by atoms with Gasteiger partial charge in [-0.25, -0.2) is 5.43 Å². The molecule has 0 heterocycles. The third-order valence-electron chi connectivity index (χ3n) is 3.23. The summed E-state index contributed by atoms with van der Waals surface area (Å²) >= 11 is 0. The molecule has 5 nitrogen and oxygen atoms in total. The Morgan fingerprint density at radius 2 is 1.91 bits per heavy atom. The number of phenolic OH excluding ortho intramolecular Hbond substituents is 1. The van der Waals surface area contributed by atoms with Crippen LogP contribution < -0.4 is 10.2 Å². The number of hydrazone groups is 1. The Morgan fingerprint density at radius 3 is 2.61 bits per heavy atom. The molecule has 120 valence electrons. The van der Waals surface area contributed by atoms with E-state index in [0.29, 0.717) is 11.3 Å². The Labute approximate surface area is 135 Å². The van der Waals surface area contributed by atoms with Crippen molar-refractivity contribution in [2.75, 3.05) is 6.61 Å². The average Bonchev–Trinajstić information content (AvgIpc) is 2.48. The van der Waals surface area contributed by atoms with Gasteiger partial charge in [-0.15, -0.1) is 0 Å². The van der Waals surface area contributed by atoms with Crippen molar-refractivity contribution in [2.24, 2.45) is 5.10 Å². The minimum Gasteiger partial charge on any atom is -0.507 e. The van der Waals surface area contributed by atoms with Crippen molar-refractivity contribution in [3.05, 3.63) is 58.7 Å². The van der Waals surface area contributed by atoms with Crippen LogP contribution in [0.3, 0.4) is 0 Å². The third kappa shape index (κ3) is 4.85. The molecule has 0 saturated carbocycles. The Balaban J connectivity index is 1.87. The summed E-state index contributed by atoms with van der Waals surface area (Å²) in [5.74, 6) is 0.433. The molecular formula is C18H20N2O3. The number of benzene rings is 2. The molecule has 23 heavy (non-hydrogen) atoms. The number of amides is 1. The molecule has 0 aliphatic carbocycles. The van der Waals surface area contributed by atoms with E-state index in [1.165, 1.54) is 6.21 Å². The molecule has 0 aromatic heterocycles. The predicted octanol–water partition coefficient (Wildman–Crippen LogP) is 2.85. The van der Waals surface area contributed by atoms with Crippen molar-refractivity contribution in [2.45, 2.75) is 20.8 Å². The fourth-order valence-electron chi connectivity index (χ4n) is 2.16. The number of para-hydroxylation sites is 1. The Hall–Kier alpha value is -2.82. The van der Waals surface area contributed by atoms with Gasteiger partial charge in [-0.2, -0.15) is 5.10 Å². The maximum Gasteiger partial charge on any atom is 0.277 e. The quantitative estimate of drug-likeness (QED) is 0.659. The van der Waals surface area contributed by atoms with Crippen molar-refractivity contribution in [3.63, 3.8) is 0 Å². The SMILES string of the molecule is Cc1cc(C)cc(OCC(=O)N/N=C/c2cccc(C)c2O)c1. The van der Waals surface area contributed by atoms with Gasteiger partial charge in [-0.05, 0) is 55.7 Å². The summed E-state index contributed by atoms with van der Waals surface area (Å²) in [4.78, 5) is 11.7. The van der Waals surface area contributed by atoms with Crippen LogP contribution in [-0.4, -0.2) is 23.8 Å². The van der Waals surface area contributed by atoms with Gasteiger partial charge in [-0.3, -0.25) is 4.79 Å². The second-order valence-corrected chi connectivity index (χ2v) is 5.42. The van der Waals surface area contributed by atoms with Gasteiger partial charge in [0.15, 0.2) is 6.61 Å². The molecule has 0 saturated heterocycles. The molecule has 0 radical (unpaired) electrons. The van der Waals surface area contributed by atoms with Gasteiger partial charge >= 0.3 is 0 Å². The van der Waals surface area contributed by atoms with E-state index in [9.17, 15) is 9.90 Å². The highest BCUT2D eigenvalue weighted by Crippen LogP contribution is 2.19. The number of rotatable bonds is 5. The van der Waals surface area contributed by atoms with Gasteiger partial charge in [0.1, 0.15) is 11.5 Å². The van der Waals surface area contributed by atoms with E-state index < -0.39 is 0 Å². The van der Waals surface area contributed by atoms with Gasteiger partial charge in [0.25, 0.3) is 5.91 Å². The number of aromatic hydroxyl groups is 1. The molecule has 2 rings (SSSR count). The summed E-state index contributed by atoms with van der Waals surface area (Å²) in [6.45, 7) is 5.61. The molecule has 2 aromatic carbocycles. The molecule has 0 aliphatic heterocycles. The third-order valence-corrected chi connectivity index (χ3v) is 3.23. The number of nitrogens with zero attached hydrogens (tertiary/aromatic N) is 1. The van der Waals surface area contributed by atoms with Crippen LogP contribution >= 0.6 is 0 Å². The zero-order valence-electron chi connectivity index (χ0n) is 13.5. The fraction of sp³-hybridized carbons (Fsp3) is 0.222. The summed E-state index contributed by atoms with van der Waals surface area (Å²) in [6.07, 6.45) is 1.40. The molecule has 1 amide bonds. The molecular weight excluding hydrogens is 292 g/mol. The van der Waals surface area contributed by atoms with Crippen molar-refractivity contribution >= 4 is 12.1 Å². The van der Waals surface area contributed by atoms with Crippen LogP contribution in [0, 0.1) is 20.8 Å². The summed E-state index contributed by atoms with van der Waals surface area (Å²) in [7, 11) is 0. The highest BCUT2D eigenvalue weighted by molar-refractivity contribution is 5.85. The monoisotopic (exact) mass is 312 g/mol. The second-order valence-electron chi connectivity index (χ2n) is 5.42. The largest absolute Gasteiger partial charge is 0.507 e. The van der Waals surface area contributed by atoms with E-state index in [0.717, 1.165) is 16.7 Å². The minimum atomic E-state index is -0.368. The van der Waals surface area contributed by atoms with E-state index >= 15 is 0 Å². The molecule has 5 heteroatoms. The van der Waals surface area contributed by atoms with E-state index in [1.54, 1.807) is 25.1 Å². The van der Waals surface area contributed by atoms with Gasteiger partial charge in [0.2, 0.25) is 0 Å². The van der Waals surface area contributed by atoms with Gasteiger partial charge in [0.05, 0.1) is 6.21 Å². The first-order valence-electron chi connectivity index (χ1n) is 7.27. The van der Waals surface area contributed by atoms with E-state index in [2.05, 4.69) is 10.5 Å². The van der Waals surface area contributed by atoms with Crippen LogP contribution in [0.5, 0.6) is 11.5 Å². The number of phenols is 1. The number of carbonyl (C=O) groups is 1. The van der Waals surface area contributed by atoms with Crippen LogP contribution in [-0.2, 0) is 4.79 Å². The highest BCUT2D eigenvalue weighted by Gasteiger charge is 2.04. The Kier molecular flexibility index (Phi) is 5.36. The van der Waals surface area contributed by atoms with Crippen LogP contribution in [0.2, 0.25) is 0 Å². The zero-order valence-corrected chi connectivity index (χ0v) is 13.5. The molecule has 0 atom stereocenters. The van der Waals surface area contributed by atoms with Crippen LogP contribution in [0.1, 0.15) is 22.3 Å². The first-order chi connectivity index (χ1) is 11.0. The van der Waals surface area contributed by atoms with Crippen molar-refractivity contribution in [1.29, 1.82) is 0 Å². The number of carbonyl (C=O) groups excluding carboxylic acids is 1. The normalized spacial score (nSPS) is 10.7. The molecule has 0 unspecified atom stereocenters. The van der Waals surface area contributed by atoms with Crippen molar-refractivity contribution in [3.8, 4) is 11.5 Å². The average molecular weight is 312 g/mol. The Bertz CT molecular complexity index is 719. The first kappa shape index (κ1) is 16.5. The lowest BCUT2D eigenvalue weighted by molar-refractivity contribution is -0.123. The van der Waals surface area contributed by atoms with Gasteiger partial charge < -0.3 is 9.84 Å². The maximum absolute atomic E-state index is 11.7. The molecule has 2 aromatic rings.